The molecule has 90 valence electrons. The second-order valence-electron chi connectivity index (χ2n) is 3.78. The summed E-state index contributed by atoms with van der Waals surface area (Å²) in [4.78, 5) is 26.9. The molecule has 0 radical (unpaired) electrons. The molecule has 6 heteroatoms. The quantitative estimate of drug-likeness (QED) is 0.786. The van der Waals surface area contributed by atoms with Crippen molar-refractivity contribution < 1.29 is 19.5 Å². The van der Waals surface area contributed by atoms with Gasteiger partial charge in [-0.2, -0.15) is 0 Å². The van der Waals surface area contributed by atoms with Crippen molar-refractivity contribution in [3.63, 3.8) is 0 Å². The number of hydrogen-bond donors (Lipinski definition) is 1. The largest absolute Gasteiger partial charge is 0.481 e. The van der Waals surface area contributed by atoms with Crippen LogP contribution in [0.1, 0.15) is 23.9 Å². The van der Waals surface area contributed by atoms with Crippen LogP contribution in [0.3, 0.4) is 0 Å². The Morgan fingerprint density at radius 3 is 2.82 bits per heavy atom. The van der Waals surface area contributed by atoms with E-state index in [1.807, 2.05) is 13.0 Å². The molecule has 17 heavy (non-hydrogen) atoms. The van der Waals surface area contributed by atoms with Gasteiger partial charge in [0.2, 0.25) is 5.82 Å². The number of carboxylic acids is 1. The molecular weight excluding hydrogens is 224 g/mol. The summed E-state index contributed by atoms with van der Waals surface area (Å²) in [6.07, 6.45) is -0.136. The van der Waals surface area contributed by atoms with Gasteiger partial charge in [-0.1, -0.05) is 0 Å². The van der Waals surface area contributed by atoms with Crippen LogP contribution in [0.15, 0.2) is 12.1 Å². The van der Waals surface area contributed by atoms with Gasteiger partial charge in [-0.05, 0) is 19.1 Å². The zero-order valence-corrected chi connectivity index (χ0v) is 9.51. The second-order valence-corrected chi connectivity index (χ2v) is 3.78. The first-order valence-electron chi connectivity index (χ1n) is 5.09. The summed E-state index contributed by atoms with van der Waals surface area (Å²) in [7, 11) is 1.40. The molecule has 0 fully saturated rings. The molecule has 1 unspecified atom stereocenters. The van der Waals surface area contributed by atoms with Crippen LogP contribution in [0.25, 0.3) is 5.82 Å². The van der Waals surface area contributed by atoms with Crippen LogP contribution >= 0.6 is 0 Å². The molecule has 0 bridgehead atoms. The van der Waals surface area contributed by atoms with Crippen LogP contribution in [0.5, 0.6) is 0 Å². The van der Waals surface area contributed by atoms with Crippen molar-refractivity contribution in [1.82, 2.24) is 9.63 Å². The molecule has 0 amide bonds. The molecule has 0 aromatic carbocycles. The van der Waals surface area contributed by atoms with Gasteiger partial charge in [-0.3, -0.25) is 14.2 Å². The Kier molecular flexibility index (Phi) is 2.75. The molecule has 2 rings (SSSR count). The third-order valence-corrected chi connectivity index (χ3v) is 2.81. The van der Waals surface area contributed by atoms with Gasteiger partial charge >= 0.3 is 5.97 Å². The molecule has 0 saturated heterocycles. The van der Waals surface area contributed by atoms with Gasteiger partial charge in [-0.15, -0.1) is 0 Å². The molecule has 1 aliphatic rings. The third-order valence-electron chi connectivity index (χ3n) is 2.81. The number of aryl methyl sites for hydroxylation is 1. The first-order chi connectivity index (χ1) is 8.10. The summed E-state index contributed by atoms with van der Waals surface area (Å²) < 4.78 is 1.66. The summed E-state index contributed by atoms with van der Waals surface area (Å²) in [5.74, 6) is 1.03. The lowest BCUT2D eigenvalue weighted by molar-refractivity contribution is -0.145. The zero-order valence-electron chi connectivity index (χ0n) is 9.51. The van der Waals surface area contributed by atoms with Crippen LogP contribution in [0, 0.1) is 6.92 Å². The fourth-order valence-corrected chi connectivity index (χ4v) is 2.13. The van der Waals surface area contributed by atoms with Crippen LogP contribution in [-0.2, 0) is 14.4 Å². The van der Waals surface area contributed by atoms with Crippen LogP contribution < -0.4 is 0 Å². The molecule has 1 N–H and O–H groups in total. The van der Waals surface area contributed by atoms with Crippen molar-refractivity contribution >= 4 is 17.7 Å². The molecule has 0 saturated carbocycles. The summed E-state index contributed by atoms with van der Waals surface area (Å²) in [6.45, 7) is 1.83. The highest BCUT2D eigenvalue weighted by Crippen LogP contribution is 2.38. The lowest BCUT2D eigenvalue weighted by Gasteiger charge is -2.21. The van der Waals surface area contributed by atoms with Crippen molar-refractivity contribution in [3.05, 3.63) is 23.5 Å². The Labute approximate surface area is 97.7 Å². The number of nitrogens with zero attached hydrogens (tertiary/aromatic N) is 2. The maximum Gasteiger partial charge on any atom is 0.305 e. The van der Waals surface area contributed by atoms with E-state index in [-0.39, 0.29) is 12.2 Å². The molecule has 0 spiro atoms. The van der Waals surface area contributed by atoms with E-state index < -0.39 is 12.0 Å². The third kappa shape index (κ3) is 1.63. The average Bonchev–Trinajstić information content (AvgIpc) is 2.78. The summed E-state index contributed by atoms with van der Waals surface area (Å²) in [6, 6.07) is 3.12. The number of aliphatic carboxylic acids is 1. The van der Waals surface area contributed by atoms with E-state index in [1.165, 1.54) is 12.2 Å². The van der Waals surface area contributed by atoms with Gasteiger partial charge in [0.1, 0.15) is 6.04 Å². The van der Waals surface area contributed by atoms with Crippen molar-refractivity contribution in [2.45, 2.75) is 19.4 Å². The topological polar surface area (TPSA) is 71.8 Å². The summed E-state index contributed by atoms with van der Waals surface area (Å²) in [5, 5.41) is 10.2. The van der Waals surface area contributed by atoms with Gasteiger partial charge in [0.25, 0.3) is 0 Å². The van der Waals surface area contributed by atoms with E-state index in [0.717, 1.165) is 11.4 Å². The normalized spacial score (nSPS) is 18.1. The maximum atomic E-state index is 11.0. The summed E-state index contributed by atoms with van der Waals surface area (Å²) >= 11 is 0. The van der Waals surface area contributed by atoms with E-state index in [0.29, 0.717) is 0 Å². The Hall–Kier alpha value is -2.04. The van der Waals surface area contributed by atoms with Crippen LogP contribution in [-0.4, -0.2) is 33.8 Å². The zero-order chi connectivity index (χ0) is 12.6. The molecule has 1 aliphatic heterocycles. The Morgan fingerprint density at radius 2 is 2.29 bits per heavy atom. The molecule has 1 atom stereocenters. The van der Waals surface area contributed by atoms with Crippen LogP contribution in [0.4, 0.5) is 0 Å². The minimum absolute atomic E-state index is 0.136. The number of rotatable bonds is 3. The molecule has 0 aliphatic carbocycles. The SMILES string of the molecule is CON1C(=C=O)n2c(C)ccc2C1CC(=O)O. The first-order valence-corrected chi connectivity index (χ1v) is 5.09. The Bertz CT molecular complexity index is 514. The smallest absolute Gasteiger partial charge is 0.305 e. The van der Waals surface area contributed by atoms with E-state index in [4.69, 9.17) is 9.94 Å². The lowest BCUT2D eigenvalue weighted by atomic mass is 10.1. The van der Waals surface area contributed by atoms with Gasteiger partial charge in [0, 0.05) is 5.69 Å². The minimum atomic E-state index is -0.949. The number of fused-ring (bicyclic) bond motifs is 1. The van der Waals surface area contributed by atoms with Crippen LogP contribution in [0.2, 0.25) is 0 Å². The highest BCUT2D eigenvalue weighted by Gasteiger charge is 2.37. The van der Waals surface area contributed by atoms with E-state index in [1.54, 1.807) is 16.6 Å². The minimum Gasteiger partial charge on any atom is -0.481 e. The van der Waals surface area contributed by atoms with Gasteiger partial charge in [-0.25, -0.2) is 9.86 Å². The Morgan fingerprint density at radius 1 is 1.59 bits per heavy atom. The molecular formula is C11H12N2O4. The predicted molar refractivity (Wildman–Crippen MR) is 58.4 cm³/mol. The highest BCUT2D eigenvalue weighted by molar-refractivity contribution is 5.79. The fourth-order valence-electron chi connectivity index (χ4n) is 2.13. The molecule has 6 nitrogen and oxygen atoms in total. The van der Waals surface area contributed by atoms with E-state index in [2.05, 4.69) is 0 Å². The number of hydrogen-bond acceptors (Lipinski definition) is 4. The second kappa shape index (κ2) is 4.08. The highest BCUT2D eigenvalue weighted by atomic mass is 16.7. The average molecular weight is 236 g/mol. The number of carbonyl (C=O) groups is 1. The maximum absolute atomic E-state index is 11.0. The standard InChI is InChI=1S/C11H12N2O4/c1-7-3-4-8-9(5-11(15)16)13(17-2)10(6-14)12(7)8/h3-4,9H,5H2,1-2H3,(H,15,16). The van der Waals surface area contributed by atoms with Gasteiger partial charge in [0.05, 0.1) is 19.2 Å². The van der Waals surface area contributed by atoms with Crippen molar-refractivity contribution in [2.24, 2.45) is 0 Å². The number of hydroxylamine groups is 2. The fraction of sp³-hybridized carbons (Fsp3) is 0.364. The van der Waals surface area contributed by atoms with E-state index in [9.17, 15) is 9.59 Å². The van der Waals surface area contributed by atoms with Crippen molar-refractivity contribution in [2.75, 3.05) is 7.11 Å². The molecule has 1 aromatic heterocycles. The Balaban J connectivity index is 2.52. The predicted octanol–water partition coefficient (Wildman–Crippen LogP) is 0.819. The van der Waals surface area contributed by atoms with Gasteiger partial charge < -0.3 is 5.11 Å². The summed E-state index contributed by atoms with van der Waals surface area (Å²) in [5.41, 5.74) is 1.57. The van der Waals surface area contributed by atoms with Crippen molar-refractivity contribution in [3.8, 4) is 0 Å². The van der Waals surface area contributed by atoms with E-state index >= 15 is 0 Å². The lowest BCUT2D eigenvalue weighted by Crippen LogP contribution is -2.23. The number of carboxylic acid groups (broad SMARTS) is 1. The number of aromatic nitrogens is 1. The van der Waals surface area contributed by atoms with Gasteiger partial charge in [0.15, 0.2) is 5.94 Å². The molecule has 2 heterocycles. The molecule has 1 aromatic rings. The first kappa shape index (κ1) is 11.4. The van der Waals surface area contributed by atoms with Crippen molar-refractivity contribution in [1.29, 1.82) is 0 Å². The number of carbonyl (C=O) groups excluding carboxylic acids is 1. The monoisotopic (exact) mass is 236 g/mol.